The van der Waals surface area contributed by atoms with E-state index >= 15 is 0 Å². The molecule has 1 atom stereocenters. The van der Waals surface area contributed by atoms with E-state index in [9.17, 15) is 9.35 Å². The summed E-state index contributed by atoms with van der Waals surface area (Å²) in [5, 5.41) is 0. The third kappa shape index (κ3) is 4.07. The van der Waals surface area contributed by atoms with Gasteiger partial charge in [0.15, 0.2) is 5.82 Å². The molecule has 2 aromatic rings. The maximum absolute atomic E-state index is 12.6. The molecule has 5 rings (SSSR count). The number of pyridine rings is 1. The number of hydrogen-bond acceptors (Lipinski definition) is 9. The SMILES string of the molecule is CN(c1nc(N2CC(OC(=O)c3cccnc3)C2)nc2c1[S@@+]([O-])CC2)C1CCOCC1. The van der Waals surface area contributed by atoms with Crippen molar-refractivity contribution in [2.45, 2.75) is 36.3 Å². The Labute approximate surface area is 184 Å². The first-order valence-corrected chi connectivity index (χ1v) is 11.9. The van der Waals surface area contributed by atoms with Gasteiger partial charge >= 0.3 is 5.97 Å². The van der Waals surface area contributed by atoms with Crippen molar-refractivity contribution < 1.29 is 18.8 Å². The Balaban J connectivity index is 1.31. The van der Waals surface area contributed by atoms with E-state index in [1.165, 1.54) is 6.20 Å². The molecule has 0 N–H and O–H groups in total. The van der Waals surface area contributed by atoms with E-state index in [1.807, 2.05) is 11.9 Å². The van der Waals surface area contributed by atoms with Gasteiger partial charge in [0.2, 0.25) is 10.8 Å². The maximum Gasteiger partial charge on any atom is 0.340 e. The number of carbonyl (C=O) groups excluding carboxylic acids is 1. The number of rotatable bonds is 5. The fraction of sp³-hybridized carbons (Fsp3) is 0.524. The number of ether oxygens (including phenoxy) is 2. The lowest BCUT2D eigenvalue weighted by Crippen LogP contribution is -2.54. The van der Waals surface area contributed by atoms with Crippen molar-refractivity contribution in [3.63, 3.8) is 0 Å². The molecule has 0 radical (unpaired) electrons. The lowest BCUT2D eigenvalue weighted by atomic mass is 10.1. The van der Waals surface area contributed by atoms with Gasteiger partial charge in [0.25, 0.3) is 0 Å². The highest BCUT2D eigenvalue weighted by molar-refractivity contribution is 7.91. The second-order valence-corrected chi connectivity index (χ2v) is 9.56. The molecular weight excluding hydrogens is 418 g/mol. The zero-order valence-corrected chi connectivity index (χ0v) is 18.2. The summed E-state index contributed by atoms with van der Waals surface area (Å²) in [7, 11) is 2.02. The van der Waals surface area contributed by atoms with Crippen LogP contribution in [0.15, 0.2) is 29.4 Å². The first-order chi connectivity index (χ1) is 15.1. The van der Waals surface area contributed by atoms with Crippen molar-refractivity contribution >= 4 is 28.9 Å². The van der Waals surface area contributed by atoms with Gasteiger partial charge in [-0.05, 0) is 36.2 Å². The molecule has 3 aliphatic rings. The van der Waals surface area contributed by atoms with E-state index in [-0.39, 0.29) is 12.1 Å². The van der Waals surface area contributed by atoms with Gasteiger partial charge in [-0.3, -0.25) is 4.98 Å². The van der Waals surface area contributed by atoms with E-state index in [2.05, 4.69) is 9.88 Å². The zero-order chi connectivity index (χ0) is 21.4. The van der Waals surface area contributed by atoms with Gasteiger partial charge in [0.1, 0.15) is 17.6 Å². The maximum atomic E-state index is 12.6. The van der Waals surface area contributed by atoms with Crippen molar-refractivity contribution in [3.05, 3.63) is 35.8 Å². The van der Waals surface area contributed by atoms with E-state index in [0.29, 0.717) is 42.8 Å². The first-order valence-electron chi connectivity index (χ1n) is 10.6. The monoisotopic (exact) mass is 443 g/mol. The number of carbonyl (C=O) groups is 1. The molecule has 0 bridgehead atoms. The summed E-state index contributed by atoms with van der Waals surface area (Å²) >= 11 is -1.07. The van der Waals surface area contributed by atoms with Crippen LogP contribution in [0.25, 0.3) is 0 Å². The minimum atomic E-state index is -1.07. The Hall–Kier alpha value is -2.43. The summed E-state index contributed by atoms with van der Waals surface area (Å²) in [5.41, 5.74) is 1.31. The fourth-order valence-electron chi connectivity index (χ4n) is 4.17. The second kappa shape index (κ2) is 8.60. The van der Waals surface area contributed by atoms with Crippen molar-refractivity contribution in [1.29, 1.82) is 0 Å². The van der Waals surface area contributed by atoms with Crippen LogP contribution in [0, 0.1) is 0 Å². The number of fused-ring (bicyclic) bond motifs is 1. The molecule has 10 heteroatoms. The molecule has 0 aliphatic carbocycles. The highest BCUT2D eigenvalue weighted by Gasteiger charge is 2.38. The van der Waals surface area contributed by atoms with Gasteiger partial charge in [-0.25, -0.2) is 9.78 Å². The van der Waals surface area contributed by atoms with Crippen LogP contribution < -0.4 is 9.80 Å². The van der Waals surface area contributed by atoms with Crippen LogP contribution in [-0.2, 0) is 27.1 Å². The van der Waals surface area contributed by atoms with E-state index in [4.69, 9.17) is 19.4 Å². The van der Waals surface area contributed by atoms with Gasteiger partial charge in [-0.15, -0.1) is 0 Å². The minimum Gasteiger partial charge on any atom is -0.611 e. The highest BCUT2D eigenvalue weighted by Crippen LogP contribution is 2.36. The molecule has 2 aromatic heterocycles. The average Bonchev–Trinajstić information content (AvgIpc) is 3.16. The Morgan fingerprint density at radius 3 is 2.87 bits per heavy atom. The lowest BCUT2D eigenvalue weighted by molar-refractivity contribution is 0.0231. The third-order valence-corrected chi connectivity index (χ3v) is 7.48. The Bertz CT molecular complexity index is 950. The molecule has 9 nitrogen and oxygen atoms in total. The molecule has 2 saturated heterocycles. The van der Waals surface area contributed by atoms with Gasteiger partial charge in [0, 0.05) is 45.1 Å². The zero-order valence-electron chi connectivity index (χ0n) is 17.4. The second-order valence-electron chi connectivity index (χ2n) is 8.05. The normalized spacial score (nSPS) is 21.5. The van der Waals surface area contributed by atoms with Crippen molar-refractivity contribution in [2.24, 2.45) is 0 Å². The van der Waals surface area contributed by atoms with Crippen molar-refractivity contribution in [2.75, 3.05) is 48.9 Å². The molecular formula is C21H25N5O4S. The number of aromatic nitrogens is 3. The number of hydrogen-bond donors (Lipinski definition) is 0. The quantitative estimate of drug-likeness (QED) is 0.498. The Kier molecular flexibility index (Phi) is 5.68. The topological polar surface area (TPSA) is 104 Å². The number of aryl methyl sites for hydroxylation is 1. The summed E-state index contributed by atoms with van der Waals surface area (Å²) in [4.78, 5) is 30.6. The summed E-state index contributed by atoms with van der Waals surface area (Å²) in [5.74, 6) is 1.59. The predicted molar refractivity (Wildman–Crippen MR) is 115 cm³/mol. The van der Waals surface area contributed by atoms with Crippen molar-refractivity contribution in [3.8, 4) is 0 Å². The minimum absolute atomic E-state index is 0.213. The Morgan fingerprint density at radius 1 is 1.32 bits per heavy atom. The van der Waals surface area contributed by atoms with E-state index in [1.54, 1.807) is 18.3 Å². The molecule has 0 amide bonds. The predicted octanol–water partition coefficient (Wildman–Crippen LogP) is 1.20. The fourth-order valence-corrected chi connectivity index (χ4v) is 5.56. The molecule has 164 valence electrons. The van der Waals surface area contributed by atoms with E-state index < -0.39 is 11.2 Å². The van der Waals surface area contributed by atoms with Crippen molar-refractivity contribution in [1.82, 2.24) is 15.0 Å². The number of esters is 1. The molecule has 2 fully saturated rings. The molecule has 0 saturated carbocycles. The largest absolute Gasteiger partial charge is 0.611 e. The highest BCUT2D eigenvalue weighted by atomic mass is 32.2. The van der Waals surface area contributed by atoms with Crippen LogP contribution >= 0.6 is 0 Å². The average molecular weight is 444 g/mol. The molecule has 0 spiro atoms. The summed E-state index contributed by atoms with van der Waals surface area (Å²) in [6.07, 6.45) is 5.45. The lowest BCUT2D eigenvalue weighted by Gasteiger charge is -2.39. The third-order valence-electron chi connectivity index (χ3n) is 6.03. The van der Waals surface area contributed by atoms with Gasteiger partial charge in [-0.1, -0.05) is 0 Å². The van der Waals surface area contributed by atoms with Crippen LogP contribution in [0.4, 0.5) is 11.8 Å². The number of nitrogens with zero attached hydrogens (tertiary/aromatic N) is 5. The van der Waals surface area contributed by atoms with E-state index in [0.717, 1.165) is 42.5 Å². The van der Waals surface area contributed by atoms with Gasteiger partial charge < -0.3 is 23.8 Å². The van der Waals surface area contributed by atoms with Crippen LogP contribution in [0.2, 0.25) is 0 Å². The van der Waals surface area contributed by atoms with Crippen LogP contribution in [0.3, 0.4) is 0 Å². The van der Waals surface area contributed by atoms with Crippen LogP contribution in [0.5, 0.6) is 0 Å². The molecule has 0 unspecified atom stereocenters. The summed E-state index contributed by atoms with van der Waals surface area (Å²) in [6, 6.07) is 3.71. The standard InChI is InChI=1S/C21H25N5O4S/c1-25(15-4-8-29-9-5-15)19-18-17(6-10-31(18)28)23-21(24-19)26-12-16(13-26)30-20(27)14-3-2-7-22-11-14/h2-3,7,11,15-16H,4-6,8-10,12-13H2,1H3/t31-/m0/s1. The van der Waals surface area contributed by atoms with Crippen LogP contribution in [0.1, 0.15) is 28.9 Å². The molecule has 0 aromatic carbocycles. The molecule has 31 heavy (non-hydrogen) atoms. The Morgan fingerprint density at radius 2 is 2.13 bits per heavy atom. The summed E-state index contributed by atoms with van der Waals surface area (Å²) < 4.78 is 23.7. The van der Waals surface area contributed by atoms with Gasteiger partial charge in [0.05, 0.1) is 18.7 Å². The van der Waals surface area contributed by atoms with Crippen LogP contribution in [-0.4, -0.2) is 76.7 Å². The first kappa shape index (κ1) is 20.5. The summed E-state index contributed by atoms with van der Waals surface area (Å²) in [6.45, 7) is 2.53. The van der Waals surface area contributed by atoms with Gasteiger partial charge in [-0.2, -0.15) is 4.98 Å². The molecule has 5 heterocycles. The molecule has 3 aliphatic heterocycles. The smallest absolute Gasteiger partial charge is 0.340 e. The number of anilines is 2.